The van der Waals surface area contributed by atoms with E-state index in [2.05, 4.69) is 10.3 Å². The Morgan fingerprint density at radius 1 is 1.38 bits per heavy atom. The van der Waals surface area contributed by atoms with Gasteiger partial charge < -0.3 is 19.5 Å². The molecule has 1 aliphatic rings. The molecule has 0 radical (unpaired) electrons. The van der Waals surface area contributed by atoms with Crippen LogP contribution in [0.15, 0.2) is 24.3 Å². The molecule has 2 heterocycles. The van der Waals surface area contributed by atoms with E-state index in [9.17, 15) is 9.59 Å². The van der Waals surface area contributed by atoms with Gasteiger partial charge in [-0.2, -0.15) is 0 Å². The lowest BCUT2D eigenvalue weighted by molar-refractivity contribution is -0.146. The molecule has 0 spiro atoms. The van der Waals surface area contributed by atoms with Gasteiger partial charge in [-0.05, 0) is 25.0 Å². The molecule has 1 atom stereocenters. The number of amides is 2. The van der Waals surface area contributed by atoms with Gasteiger partial charge in [0.1, 0.15) is 5.82 Å². The van der Waals surface area contributed by atoms with Crippen molar-refractivity contribution < 1.29 is 14.3 Å². The highest BCUT2D eigenvalue weighted by Gasteiger charge is 2.29. The topological polar surface area (TPSA) is 76.5 Å². The molecule has 1 N–H and O–H groups in total. The second kappa shape index (κ2) is 6.90. The number of benzene rings is 1. The normalized spacial score (nSPS) is 17.8. The third-order valence-corrected chi connectivity index (χ3v) is 4.52. The summed E-state index contributed by atoms with van der Waals surface area (Å²) >= 11 is 0. The number of hydrogen-bond donors (Lipinski definition) is 1. The predicted molar refractivity (Wildman–Crippen MR) is 89.3 cm³/mol. The summed E-state index contributed by atoms with van der Waals surface area (Å²) in [5, 5.41) is 2.90. The fourth-order valence-corrected chi connectivity index (χ4v) is 3.14. The average molecular weight is 330 g/mol. The van der Waals surface area contributed by atoms with Crippen LogP contribution in [0, 0.1) is 5.92 Å². The number of aromatic nitrogens is 2. The number of para-hydroxylation sites is 2. The third-order valence-electron chi connectivity index (χ3n) is 4.52. The molecule has 3 rings (SSSR count). The van der Waals surface area contributed by atoms with Crippen LogP contribution in [0.4, 0.5) is 4.79 Å². The smallest absolute Gasteiger partial charge is 0.317 e. The quantitative estimate of drug-likeness (QED) is 0.869. The molecule has 1 aliphatic heterocycles. The van der Waals surface area contributed by atoms with Gasteiger partial charge in [0.25, 0.3) is 0 Å². The Hall–Kier alpha value is -2.57. The fourth-order valence-electron chi connectivity index (χ4n) is 3.14. The summed E-state index contributed by atoms with van der Waals surface area (Å²) in [5.74, 6) is 0.319. The lowest BCUT2D eigenvalue weighted by Gasteiger charge is -2.31. The predicted octanol–water partition coefficient (Wildman–Crippen LogP) is 1.67. The van der Waals surface area contributed by atoms with Crippen molar-refractivity contribution in [3.63, 3.8) is 0 Å². The number of ether oxygens (including phenoxy) is 1. The highest BCUT2D eigenvalue weighted by atomic mass is 16.5. The highest BCUT2D eigenvalue weighted by Crippen LogP contribution is 2.18. The number of hydrogen-bond acceptors (Lipinski definition) is 4. The lowest BCUT2D eigenvalue weighted by atomic mass is 9.98. The Labute approximate surface area is 140 Å². The van der Waals surface area contributed by atoms with Crippen molar-refractivity contribution in [2.24, 2.45) is 13.0 Å². The minimum Gasteiger partial charge on any atom is -0.469 e. The summed E-state index contributed by atoms with van der Waals surface area (Å²) in [4.78, 5) is 30.3. The molecule has 7 nitrogen and oxygen atoms in total. The van der Waals surface area contributed by atoms with Gasteiger partial charge in [-0.15, -0.1) is 0 Å². The zero-order valence-electron chi connectivity index (χ0n) is 14.0. The molecule has 0 saturated carbocycles. The molecule has 0 unspecified atom stereocenters. The number of fused-ring (bicyclic) bond motifs is 1. The maximum absolute atomic E-state index is 12.4. The summed E-state index contributed by atoms with van der Waals surface area (Å²) in [6, 6.07) is 7.69. The first-order valence-corrected chi connectivity index (χ1v) is 8.11. The second-order valence-electron chi connectivity index (χ2n) is 6.04. The van der Waals surface area contributed by atoms with E-state index in [0.717, 1.165) is 29.7 Å². The van der Waals surface area contributed by atoms with Crippen molar-refractivity contribution >= 4 is 23.0 Å². The van der Waals surface area contributed by atoms with E-state index in [1.165, 1.54) is 7.11 Å². The van der Waals surface area contributed by atoms with Crippen molar-refractivity contribution in [1.29, 1.82) is 0 Å². The summed E-state index contributed by atoms with van der Waals surface area (Å²) in [5.41, 5.74) is 1.94. The van der Waals surface area contributed by atoms with Crippen LogP contribution in [0.2, 0.25) is 0 Å². The Morgan fingerprint density at radius 3 is 2.92 bits per heavy atom. The molecule has 1 fully saturated rings. The van der Waals surface area contributed by atoms with Gasteiger partial charge in [-0.3, -0.25) is 4.79 Å². The number of methoxy groups -OCH3 is 1. The van der Waals surface area contributed by atoms with Gasteiger partial charge in [0, 0.05) is 20.1 Å². The molecule has 2 amide bonds. The number of nitrogens with zero attached hydrogens (tertiary/aromatic N) is 3. The molecule has 0 aliphatic carbocycles. The van der Waals surface area contributed by atoms with Crippen LogP contribution in [-0.4, -0.2) is 46.7 Å². The Morgan fingerprint density at radius 2 is 2.17 bits per heavy atom. The minimum absolute atomic E-state index is 0.171. The monoisotopic (exact) mass is 330 g/mol. The maximum Gasteiger partial charge on any atom is 0.317 e. The Bertz CT molecular complexity index is 755. The zero-order valence-corrected chi connectivity index (χ0v) is 14.0. The Kier molecular flexibility index (Phi) is 4.69. The van der Waals surface area contributed by atoms with E-state index in [4.69, 9.17) is 4.74 Å². The number of likely N-dealkylation sites (tertiary alicyclic amines) is 1. The van der Waals surface area contributed by atoms with Crippen LogP contribution >= 0.6 is 0 Å². The summed E-state index contributed by atoms with van der Waals surface area (Å²) < 4.78 is 6.76. The average Bonchev–Trinajstić information content (AvgIpc) is 2.95. The first-order chi connectivity index (χ1) is 11.6. The molecule has 0 bridgehead atoms. The number of rotatable bonds is 3. The van der Waals surface area contributed by atoms with E-state index in [0.29, 0.717) is 19.6 Å². The van der Waals surface area contributed by atoms with Crippen molar-refractivity contribution in [3.8, 4) is 0 Å². The molecule has 2 aromatic rings. The number of nitrogens with one attached hydrogen (secondary N) is 1. The van der Waals surface area contributed by atoms with E-state index in [1.807, 2.05) is 35.9 Å². The van der Waals surface area contributed by atoms with Crippen molar-refractivity contribution in [2.75, 3.05) is 20.2 Å². The molecule has 24 heavy (non-hydrogen) atoms. The van der Waals surface area contributed by atoms with Crippen LogP contribution in [0.1, 0.15) is 18.7 Å². The van der Waals surface area contributed by atoms with Gasteiger partial charge in [0.2, 0.25) is 0 Å². The zero-order chi connectivity index (χ0) is 17.1. The number of esters is 1. The van der Waals surface area contributed by atoms with E-state index >= 15 is 0 Å². The summed E-state index contributed by atoms with van der Waals surface area (Å²) in [7, 11) is 3.32. The molecular weight excluding hydrogens is 308 g/mol. The maximum atomic E-state index is 12.4. The van der Waals surface area contributed by atoms with Crippen LogP contribution in [-0.2, 0) is 23.1 Å². The molecule has 7 heteroatoms. The standard InChI is InChI=1S/C17H22N4O3/c1-20-14-8-4-3-7-13(14)19-15(20)10-18-17(23)21-9-5-6-12(11-21)16(22)24-2/h3-4,7-8,12H,5-6,9-11H2,1-2H3,(H,18,23)/t12-/m1/s1. The SMILES string of the molecule is COC(=O)[C@@H]1CCCN(C(=O)NCc2nc3ccccc3n2C)C1. The van der Waals surface area contributed by atoms with Gasteiger partial charge in [0.15, 0.2) is 0 Å². The van der Waals surface area contributed by atoms with Gasteiger partial charge in [-0.1, -0.05) is 12.1 Å². The van der Waals surface area contributed by atoms with Crippen LogP contribution in [0.25, 0.3) is 11.0 Å². The number of carbonyl (C=O) groups is 2. The minimum atomic E-state index is -0.247. The number of carbonyl (C=O) groups excluding carboxylic acids is 2. The van der Waals surface area contributed by atoms with Crippen LogP contribution < -0.4 is 5.32 Å². The highest BCUT2D eigenvalue weighted by molar-refractivity contribution is 5.78. The molecule has 1 saturated heterocycles. The van der Waals surface area contributed by atoms with Gasteiger partial charge >= 0.3 is 12.0 Å². The van der Waals surface area contributed by atoms with Gasteiger partial charge in [-0.25, -0.2) is 9.78 Å². The van der Waals surface area contributed by atoms with Crippen molar-refractivity contribution in [3.05, 3.63) is 30.1 Å². The van der Waals surface area contributed by atoms with Crippen LogP contribution in [0.3, 0.4) is 0 Å². The second-order valence-corrected chi connectivity index (χ2v) is 6.04. The van der Waals surface area contributed by atoms with Crippen molar-refractivity contribution in [2.45, 2.75) is 19.4 Å². The van der Waals surface area contributed by atoms with E-state index in [1.54, 1.807) is 4.90 Å². The first-order valence-electron chi connectivity index (χ1n) is 8.11. The van der Waals surface area contributed by atoms with Gasteiger partial charge in [0.05, 0.1) is 30.6 Å². The van der Waals surface area contributed by atoms with E-state index in [-0.39, 0.29) is 17.9 Å². The first kappa shape index (κ1) is 16.3. The fraction of sp³-hybridized carbons (Fsp3) is 0.471. The van der Waals surface area contributed by atoms with Crippen molar-refractivity contribution in [1.82, 2.24) is 19.8 Å². The van der Waals surface area contributed by atoms with Crippen LogP contribution in [0.5, 0.6) is 0 Å². The summed E-state index contributed by atoms with van der Waals surface area (Å²) in [6.45, 7) is 1.41. The molecule has 128 valence electrons. The lowest BCUT2D eigenvalue weighted by Crippen LogP contribution is -2.47. The molecular formula is C17H22N4O3. The number of aryl methyl sites for hydroxylation is 1. The Balaban J connectivity index is 1.62. The number of piperidine rings is 1. The van der Waals surface area contributed by atoms with E-state index < -0.39 is 0 Å². The molecule has 1 aromatic carbocycles. The third kappa shape index (κ3) is 3.20. The number of imidazole rings is 1. The summed E-state index contributed by atoms with van der Waals surface area (Å²) in [6.07, 6.45) is 1.57. The largest absolute Gasteiger partial charge is 0.469 e. The molecule has 1 aromatic heterocycles. The number of urea groups is 1.